The van der Waals surface area contributed by atoms with Crippen LogP contribution in [0.2, 0.25) is 0 Å². The topological polar surface area (TPSA) is 74.7 Å². The average molecular weight is 509 g/mol. The minimum atomic E-state index is -1.12. The van der Waals surface area contributed by atoms with Gasteiger partial charge in [-0.2, -0.15) is 0 Å². The lowest BCUT2D eigenvalue weighted by Gasteiger charge is -2.13. The predicted molar refractivity (Wildman–Crippen MR) is 130 cm³/mol. The molecule has 0 saturated heterocycles. The summed E-state index contributed by atoms with van der Waals surface area (Å²) in [5, 5.41) is 0.619. The minimum absolute atomic E-state index is 0.0769. The molecule has 1 heterocycles. The van der Waals surface area contributed by atoms with E-state index in [0.29, 0.717) is 28.2 Å². The molecule has 0 aliphatic heterocycles. The summed E-state index contributed by atoms with van der Waals surface area (Å²) in [6.07, 6.45) is 0.251. The van der Waals surface area contributed by atoms with Crippen molar-refractivity contribution in [2.24, 2.45) is 0 Å². The molecule has 0 spiro atoms. The molecule has 6 nitrogen and oxygen atoms in total. The van der Waals surface area contributed by atoms with Gasteiger partial charge in [-0.15, -0.1) is 0 Å². The normalized spacial score (nSPS) is 10.8. The Balaban J connectivity index is 1.44. The van der Waals surface area contributed by atoms with Crippen LogP contribution in [-0.4, -0.2) is 30.8 Å². The number of ketones is 2. The van der Waals surface area contributed by atoms with E-state index >= 15 is 0 Å². The number of nitrogens with zero attached hydrogens (tertiary/aromatic N) is 1. The van der Waals surface area contributed by atoms with E-state index in [-0.39, 0.29) is 23.3 Å². The number of Topliss-reactive ketones (excluding diaryl/α,β-unsaturated/α-hetero) is 2. The van der Waals surface area contributed by atoms with Gasteiger partial charge in [0.25, 0.3) is 0 Å². The second-order valence-corrected chi connectivity index (χ2v) is 8.21. The second-order valence-electron chi connectivity index (χ2n) is 8.21. The number of ether oxygens (including phenoxy) is 3. The fourth-order valence-corrected chi connectivity index (χ4v) is 3.85. The van der Waals surface area contributed by atoms with Gasteiger partial charge in [0, 0.05) is 36.6 Å². The standard InChI is InChI=1S/C28H22F3NO5/c1-35-26-14-21-24(15-27(26)36-2)32-9-8-25(21)37-20-7-6-16(23(30)13-20)10-18(33)12-19(34)11-17-4-3-5-22(29)28(17)31/h3-9,13-15H,10-12H2,1-2H3. The molecule has 0 aliphatic rings. The summed E-state index contributed by atoms with van der Waals surface area (Å²) < 4.78 is 58.3. The number of hydrogen-bond acceptors (Lipinski definition) is 6. The molecule has 0 atom stereocenters. The summed E-state index contributed by atoms with van der Waals surface area (Å²) in [5.74, 6) is -2.45. The zero-order valence-corrected chi connectivity index (χ0v) is 20.0. The van der Waals surface area contributed by atoms with Gasteiger partial charge in [-0.1, -0.05) is 18.2 Å². The highest BCUT2D eigenvalue weighted by Crippen LogP contribution is 2.37. The van der Waals surface area contributed by atoms with Crippen LogP contribution in [0.1, 0.15) is 17.5 Å². The summed E-state index contributed by atoms with van der Waals surface area (Å²) in [6.45, 7) is 0. The third-order valence-electron chi connectivity index (χ3n) is 5.66. The van der Waals surface area contributed by atoms with Gasteiger partial charge in [-0.25, -0.2) is 13.2 Å². The number of pyridine rings is 1. The third-order valence-corrected chi connectivity index (χ3v) is 5.66. The van der Waals surface area contributed by atoms with Crippen molar-refractivity contribution >= 4 is 22.5 Å². The number of carbonyl (C=O) groups is 2. The second kappa shape index (κ2) is 11.1. The summed E-state index contributed by atoms with van der Waals surface area (Å²) >= 11 is 0. The molecule has 3 aromatic carbocycles. The summed E-state index contributed by atoms with van der Waals surface area (Å²) in [6, 6.07) is 12.6. The van der Waals surface area contributed by atoms with Gasteiger partial charge in [0.1, 0.15) is 28.9 Å². The van der Waals surface area contributed by atoms with Gasteiger partial charge in [0.2, 0.25) is 0 Å². The zero-order chi connectivity index (χ0) is 26.5. The molecule has 9 heteroatoms. The Labute approximate surface area is 210 Å². The Bertz CT molecular complexity index is 1490. The fourth-order valence-electron chi connectivity index (χ4n) is 3.85. The molecular weight excluding hydrogens is 487 g/mol. The maximum absolute atomic E-state index is 14.8. The molecule has 0 N–H and O–H groups in total. The van der Waals surface area contributed by atoms with Crippen LogP contribution < -0.4 is 14.2 Å². The lowest BCUT2D eigenvalue weighted by molar-refractivity contribution is -0.126. The van der Waals surface area contributed by atoms with E-state index in [2.05, 4.69) is 4.98 Å². The first-order valence-electron chi connectivity index (χ1n) is 11.2. The van der Waals surface area contributed by atoms with Crippen LogP contribution in [-0.2, 0) is 22.4 Å². The van der Waals surface area contributed by atoms with Gasteiger partial charge in [0.15, 0.2) is 23.1 Å². The Morgan fingerprint density at radius 3 is 2.19 bits per heavy atom. The lowest BCUT2D eigenvalue weighted by Crippen LogP contribution is -2.14. The molecule has 37 heavy (non-hydrogen) atoms. The number of rotatable bonds is 10. The van der Waals surface area contributed by atoms with Crippen molar-refractivity contribution in [2.45, 2.75) is 19.3 Å². The molecule has 0 radical (unpaired) electrons. The van der Waals surface area contributed by atoms with Gasteiger partial charge in [0.05, 0.1) is 26.2 Å². The van der Waals surface area contributed by atoms with Crippen LogP contribution in [0.4, 0.5) is 13.2 Å². The Morgan fingerprint density at radius 2 is 1.49 bits per heavy atom. The van der Waals surface area contributed by atoms with Crippen molar-refractivity contribution in [3.63, 3.8) is 0 Å². The first-order chi connectivity index (χ1) is 17.8. The van der Waals surface area contributed by atoms with Crippen molar-refractivity contribution in [3.05, 3.63) is 89.4 Å². The molecule has 190 valence electrons. The largest absolute Gasteiger partial charge is 0.493 e. The number of halogens is 3. The Morgan fingerprint density at radius 1 is 0.784 bits per heavy atom. The minimum Gasteiger partial charge on any atom is -0.493 e. The van der Waals surface area contributed by atoms with Crippen LogP contribution in [0.25, 0.3) is 10.9 Å². The molecule has 0 fully saturated rings. The highest BCUT2D eigenvalue weighted by molar-refractivity contribution is 6.00. The van der Waals surface area contributed by atoms with E-state index in [0.717, 1.165) is 12.1 Å². The van der Waals surface area contributed by atoms with Crippen molar-refractivity contribution < 1.29 is 37.0 Å². The number of carbonyl (C=O) groups excluding carboxylic acids is 2. The highest BCUT2D eigenvalue weighted by Gasteiger charge is 2.17. The van der Waals surface area contributed by atoms with Crippen molar-refractivity contribution in [3.8, 4) is 23.0 Å². The van der Waals surface area contributed by atoms with Crippen LogP contribution in [0.3, 0.4) is 0 Å². The molecule has 0 saturated carbocycles. The monoisotopic (exact) mass is 509 g/mol. The van der Waals surface area contributed by atoms with Crippen molar-refractivity contribution in [1.82, 2.24) is 4.98 Å². The van der Waals surface area contributed by atoms with E-state index in [1.54, 1.807) is 24.4 Å². The van der Waals surface area contributed by atoms with Crippen LogP contribution in [0.15, 0.2) is 60.8 Å². The molecule has 4 rings (SSSR count). The first kappa shape index (κ1) is 25.7. The van der Waals surface area contributed by atoms with Crippen LogP contribution in [0, 0.1) is 17.5 Å². The summed E-state index contributed by atoms with van der Waals surface area (Å²) in [4.78, 5) is 28.8. The van der Waals surface area contributed by atoms with E-state index in [4.69, 9.17) is 14.2 Å². The molecule has 1 aromatic heterocycles. The van der Waals surface area contributed by atoms with Gasteiger partial charge in [-0.3, -0.25) is 14.6 Å². The van der Waals surface area contributed by atoms with E-state index in [9.17, 15) is 22.8 Å². The molecule has 0 aliphatic carbocycles. The van der Waals surface area contributed by atoms with E-state index in [1.807, 2.05) is 0 Å². The predicted octanol–water partition coefficient (Wildman–Crippen LogP) is 5.78. The Kier molecular flexibility index (Phi) is 7.71. The lowest BCUT2D eigenvalue weighted by atomic mass is 10.0. The van der Waals surface area contributed by atoms with E-state index < -0.39 is 41.9 Å². The highest BCUT2D eigenvalue weighted by atomic mass is 19.2. The molecule has 4 aromatic rings. The number of hydrogen-bond donors (Lipinski definition) is 0. The van der Waals surface area contributed by atoms with Crippen LogP contribution >= 0.6 is 0 Å². The molecular formula is C28H22F3NO5. The van der Waals surface area contributed by atoms with Crippen molar-refractivity contribution in [2.75, 3.05) is 14.2 Å². The smallest absolute Gasteiger partial charge is 0.162 e. The number of benzene rings is 3. The van der Waals surface area contributed by atoms with Crippen LogP contribution in [0.5, 0.6) is 23.0 Å². The van der Waals surface area contributed by atoms with Gasteiger partial charge >= 0.3 is 0 Å². The zero-order valence-electron chi connectivity index (χ0n) is 20.0. The SMILES string of the molecule is COc1cc2nccc(Oc3ccc(CC(=O)CC(=O)Cc4cccc(F)c4F)c(F)c3)c2cc1OC. The maximum Gasteiger partial charge on any atom is 0.162 e. The molecule has 0 unspecified atom stereocenters. The summed E-state index contributed by atoms with van der Waals surface area (Å²) in [5.41, 5.74) is 0.527. The third kappa shape index (κ3) is 5.88. The quantitative estimate of drug-likeness (QED) is 0.253. The maximum atomic E-state index is 14.8. The van der Waals surface area contributed by atoms with Gasteiger partial charge < -0.3 is 14.2 Å². The summed E-state index contributed by atoms with van der Waals surface area (Å²) in [7, 11) is 3.02. The Hall–Kier alpha value is -4.40. The number of aromatic nitrogens is 1. The van der Waals surface area contributed by atoms with E-state index in [1.165, 1.54) is 38.5 Å². The van der Waals surface area contributed by atoms with Crippen molar-refractivity contribution in [1.29, 1.82) is 0 Å². The molecule has 0 amide bonds. The molecule has 0 bridgehead atoms. The number of fused-ring (bicyclic) bond motifs is 1. The average Bonchev–Trinajstić information content (AvgIpc) is 2.87. The first-order valence-corrected chi connectivity index (χ1v) is 11.2. The fraction of sp³-hybridized carbons (Fsp3) is 0.179. The van der Waals surface area contributed by atoms with Gasteiger partial charge in [-0.05, 0) is 35.4 Å². The number of methoxy groups -OCH3 is 2.